The second-order valence-electron chi connectivity index (χ2n) is 4.28. The molecule has 0 bridgehead atoms. The molecule has 1 fully saturated rings. The van der Waals surface area contributed by atoms with Gasteiger partial charge in [0, 0.05) is 0 Å². The number of hydrogen-bond donors (Lipinski definition) is 0. The molecule has 1 aliphatic carbocycles. The molecule has 0 amide bonds. The maximum atomic E-state index is 2.40. The standard InChI is InChI=1S/C10H20/c1-8(2)10-6-4-5-9(3)7-10/h8-10H,4-7H2,1-3H3/t9-,10?/m0/s1. The third kappa shape index (κ3) is 2.00. The molecule has 0 aromatic carbocycles. The molecule has 60 valence electrons. The van der Waals surface area contributed by atoms with Crippen molar-refractivity contribution in [2.24, 2.45) is 17.8 Å². The molecule has 10 heavy (non-hydrogen) atoms. The van der Waals surface area contributed by atoms with Crippen molar-refractivity contribution in [3.8, 4) is 0 Å². The minimum atomic E-state index is 0.919. The first kappa shape index (κ1) is 8.10. The molecule has 0 radical (unpaired) electrons. The molecule has 1 unspecified atom stereocenters. The summed E-state index contributed by atoms with van der Waals surface area (Å²) in [6, 6.07) is 0. The summed E-state index contributed by atoms with van der Waals surface area (Å²) in [4.78, 5) is 0. The molecule has 1 rings (SSSR count). The Kier molecular flexibility index (Phi) is 2.76. The Labute approximate surface area is 65.0 Å². The SMILES string of the molecule is CC(C)C1CCC[C@H](C)C1. The van der Waals surface area contributed by atoms with Crippen molar-refractivity contribution in [3.63, 3.8) is 0 Å². The zero-order valence-electron chi connectivity index (χ0n) is 7.56. The van der Waals surface area contributed by atoms with E-state index in [1.54, 1.807) is 0 Å². The summed E-state index contributed by atoms with van der Waals surface area (Å²) in [5, 5.41) is 0. The van der Waals surface area contributed by atoms with Crippen LogP contribution in [-0.4, -0.2) is 0 Å². The Morgan fingerprint density at radius 3 is 2.30 bits per heavy atom. The summed E-state index contributed by atoms with van der Waals surface area (Å²) >= 11 is 0. The van der Waals surface area contributed by atoms with E-state index in [-0.39, 0.29) is 0 Å². The van der Waals surface area contributed by atoms with Gasteiger partial charge in [-0.3, -0.25) is 0 Å². The van der Waals surface area contributed by atoms with E-state index < -0.39 is 0 Å². The number of rotatable bonds is 1. The highest BCUT2D eigenvalue weighted by molar-refractivity contribution is 4.72. The minimum absolute atomic E-state index is 0.919. The fourth-order valence-electron chi connectivity index (χ4n) is 2.09. The largest absolute Gasteiger partial charge is 0.0625 e. The molecule has 0 saturated heterocycles. The summed E-state index contributed by atoms with van der Waals surface area (Å²) in [7, 11) is 0. The van der Waals surface area contributed by atoms with Crippen molar-refractivity contribution in [1.82, 2.24) is 0 Å². The van der Waals surface area contributed by atoms with Gasteiger partial charge in [-0.15, -0.1) is 0 Å². The predicted molar refractivity (Wildman–Crippen MR) is 46.0 cm³/mol. The van der Waals surface area contributed by atoms with Crippen molar-refractivity contribution >= 4 is 0 Å². The molecule has 2 atom stereocenters. The van der Waals surface area contributed by atoms with E-state index in [1.165, 1.54) is 25.7 Å². The topological polar surface area (TPSA) is 0 Å². The first-order chi connectivity index (χ1) is 4.70. The average molecular weight is 140 g/mol. The van der Waals surface area contributed by atoms with Gasteiger partial charge in [0.15, 0.2) is 0 Å². The first-order valence-electron chi connectivity index (χ1n) is 4.70. The zero-order valence-corrected chi connectivity index (χ0v) is 7.56. The second kappa shape index (κ2) is 3.41. The van der Waals surface area contributed by atoms with E-state index >= 15 is 0 Å². The highest BCUT2D eigenvalue weighted by Crippen LogP contribution is 2.32. The van der Waals surface area contributed by atoms with Crippen molar-refractivity contribution in [1.29, 1.82) is 0 Å². The van der Waals surface area contributed by atoms with E-state index in [4.69, 9.17) is 0 Å². The Balaban J connectivity index is 2.32. The van der Waals surface area contributed by atoms with Gasteiger partial charge in [0.1, 0.15) is 0 Å². The van der Waals surface area contributed by atoms with Crippen LogP contribution in [-0.2, 0) is 0 Å². The summed E-state index contributed by atoms with van der Waals surface area (Å²) in [5.74, 6) is 2.95. The fraction of sp³-hybridized carbons (Fsp3) is 1.00. The van der Waals surface area contributed by atoms with Gasteiger partial charge in [-0.1, -0.05) is 40.0 Å². The van der Waals surface area contributed by atoms with E-state index in [2.05, 4.69) is 20.8 Å². The normalized spacial score (nSPS) is 34.8. The van der Waals surface area contributed by atoms with Crippen LogP contribution in [0.25, 0.3) is 0 Å². The molecule has 0 aromatic heterocycles. The lowest BCUT2D eigenvalue weighted by Gasteiger charge is -2.29. The molecule has 0 N–H and O–H groups in total. The van der Waals surface area contributed by atoms with Crippen LogP contribution >= 0.6 is 0 Å². The maximum absolute atomic E-state index is 2.40. The first-order valence-corrected chi connectivity index (χ1v) is 4.70. The van der Waals surface area contributed by atoms with Crippen LogP contribution in [0.2, 0.25) is 0 Å². The quantitative estimate of drug-likeness (QED) is 0.523. The third-order valence-corrected chi connectivity index (χ3v) is 2.92. The minimum Gasteiger partial charge on any atom is -0.0625 e. The third-order valence-electron chi connectivity index (χ3n) is 2.92. The molecule has 0 nitrogen and oxygen atoms in total. The summed E-state index contributed by atoms with van der Waals surface area (Å²) in [6.45, 7) is 7.12. The van der Waals surface area contributed by atoms with Gasteiger partial charge < -0.3 is 0 Å². The number of hydrogen-bond acceptors (Lipinski definition) is 0. The van der Waals surface area contributed by atoms with Gasteiger partial charge in [0.05, 0.1) is 0 Å². The van der Waals surface area contributed by atoms with Gasteiger partial charge in [0.25, 0.3) is 0 Å². The van der Waals surface area contributed by atoms with E-state index in [1.807, 2.05) is 0 Å². The van der Waals surface area contributed by atoms with Crippen LogP contribution in [0.15, 0.2) is 0 Å². The molecule has 0 heteroatoms. The lowest BCUT2D eigenvalue weighted by atomic mass is 9.77. The smallest absolute Gasteiger partial charge is 0.0389 e. The Morgan fingerprint density at radius 2 is 1.90 bits per heavy atom. The zero-order chi connectivity index (χ0) is 7.56. The van der Waals surface area contributed by atoms with E-state index in [0.29, 0.717) is 0 Å². The van der Waals surface area contributed by atoms with E-state index in [0.717, 1.165) is 17.8 Å². The van der Waals surface area contributed by atoms with Gasteiger partial charge >= 0.3 is 0 Å². The molecule has 0 spiro atoms. The van der Waals surface area contributed by atoms with Crippen LogP contribution in [0.1, 0.15) is 46.5 Å². The van der Waals surface area contributed by atoms with Crippen LogP contribution in [0, 0.1) is 17.8 Å². The van der Waals surface area contributed by atoms with Crippen LogP contribution in [0.4, 0.5) is 0 Å². The average Bonchev–Trinajstić information content (AvgIpc) is 1.88. The molecule has 0 heterocycles. The van der Waals surface area contributed by atoms with Gasteiger partial charge in [-0.2, -0.15) is 0 Å². The lowest BCUT2D eigenvalue weighted by Crippen LogP contribution is -2.17. The van der Waals surface area contributed by atoms with Crippen molar-refractivity contribution in [2.75, 3.05) is 0 Å². The summed E-state index contributed by atoms with van der Waals surface area (Å²) < 4.78 is 0. The van der Waals surface area contributed by atoms with Crippen LogP contribution in [0.5, 0.6) is 0 Å². The van der Waals surface area contributed by atoms with Gasteiger partial charge in [-0.05, 0) is 24.2 Å². The van der Waals surface area contributed by atoms with Gasteiger partial charge in [-0.25, -0.2) is 0 Å². The Morgan fingerprint density at radius 1 is 1.20 bits per heavy atom. The summed E-state index contributed by atoms with van der Waals surface area (Å²) in [6.07, 6.45) is 5.92. The Hall–Kier alpha value is 0. The highest BCUT2D eigenvalue weighted by Gasteiger charge is 2.20. The fourth-order valence-corrected chi connectivity index (χ4v) is 2.09. The second-order valence-corrected chi connectivity index (χ2v) is 4.28. The van der Waals surface area contributed by atoms with Crippen molar-refractivity contribution < 1.29 is 0 Å². The Bertz CT molecular complexity index is 94.2. The predicted octanol–water partition coefficient (Wildman–Crippen LogP) is 3.47. The molecule has 0 aliphatic heterocycles. The molecular formula is C10H20. The van der Waals surface area contributed by atoms with Crippen molar-refractivity contribution in [2.45, 2.75) is 46.5 Å². The molecule has 1 aliphatic rings. The lowest BCUT2D eigenvalue weighted by molar-refractivity contribution is 0.226. The van der Waals surface area contributed by atoms with Crippen LogP contribution < -0.4 is 0 Å². The monoisotopic (exact) mass is 140 g/mol. The molecular weight excluding hydrogens is 120 g/mol. The highest BCUT2D eigenvalue weighted by atomic mass is 14.3. The van der Waals surface area contributed by atoms with E-state index in [9.17, 15) is 0 Å². The molecule has 1 saturated carbocycles. The van der Waals surface area contributed by atoms with Gasteiger partial charge in [0.2, 0.25) is 0 Å². The summed E-state index contributed by atoms with van der Waals surface area (Å²) in [5.41, 5.74) is 0. The maximum Gasteiger partial charge on any atom is -0.0389 e. The van der Waals surface area contributed by atoms with Crippen LogP contribution in [0.3, 0.4) is 0 Å². The molecule has 0 aromatic rings. The van der Waals surface area contributed by atoms with Crippen molar-refractivity contribution in [3.05, 3.63) is 0 Å².